The van der Waals surface area contributed by atoms with E-state index in [4.69, 9.17) is 9.47 Å². The summed E-state index contributed by atoms with van der Waals surface area (Å²) >= 11 is 0. The summed E-state index contributed by atoms with van der Waals surface area (Å²) in [6.07, 6.45) is -0.750. The fourth-order valence-electron chi connectivity index (χ4n) is 2.71. The first-order valence-electron chi connectivity index (χ1n) is 9.58. The molecule has 0 unspecified atom stereocenters. The Kier molecular flexibility index (Phi) is 6.81. The largest absolute Gasteiger partial charge is 0.497 e. The molecule has 0 aliphatic carbocycles. The number of aryl methyl sites for hydroxylation is 1. The number of hydrogen-bond acceptors (Lipinski definition) is 5. The number of nitrogens with one attached hydrogen (secondary N) is 2. The molecule has 3 aromatic carbocycles. The summed E-state index contributed by atoms with van der Waals surface area (Å²) in [6.45, 7) is 3.55. The molecule has 0 aromatic heterocycles. The number of hydrogen-bond donors (Lipinski definition) is 2. The Morgan fingerprint density at radius 2 is 1.39 bits per heavy atom. The van der Waals surface area contributed by atoms with Crippen LogP contribution in [-0.2, 0) is 14.8 Å². The molecule has 0 aliphatic heterocycles. The molecule has 31 heavy (non-hydrogen) atoms. The van der Waals surface area contributed by atoms with Crippen molar-refractivity contribution in [3.8, 4) is 11.5 Å². The lowest BCUT2D eigenvalue weighted by molar-refractivity contribution is -0.122. The van der Waals surface area contributed by atoms with Crippen molar-refractivity contribution in [1.82, 2.24) is 0 Å². The van der Waals surface area contributed by atoms with Crippen molar-refractivity contribution in [1.29, 1.82) is 0 Å². The minimum atomic E-state index is -3.73. The van der Waals surface area contributed by atoms with Crippen LogP contribution in [0, 0.1) is 6.92 Å². The van der Waals surface area contributed by atoms with Gasteiger partial charge in [-0.3, -0.25) is 9.52 Å². The number of methoxy groups -OCH3 is 1. The number of anilines is 2. The molecule has 0 bridgehead atoms. The molecule has 162 valence electrons. The highest BCUT2D eigenvalue weighted by molar-refractivity contribution is 7.92. The molecule has 1 atom stereocenters. The number of carbonyl (C=O) groups is 1. The number of benzene rings is 3. The minimum absolute atomic E-state index is 0.0913. The number of ether oxygens (including phenoxy) is 2. The SMILES string of the molecule is COc1ccc(O[C@H](C)C(=O)Nc2ccc(S(=O)(=O)Nc3ccc(C)cc3)cc2)cc1. The van der Waals surface area contributed by atoms with Crippen molar-refractivity contribution in [2.24, 2.45) is 0 Å². The number of carbonyl (C=O) groups excluding carboxylic acids is 1. The van der Waals surface area contributed by atoms with Gasteiger partial charge in [-0.05, 0) is 74.5 Å². The summed E-state index contributed by atoms with van der Waals surface area (Å²) in [7, 11) is -2.16. The van der Waals surface area contributed by atoms with Crippen molar-refractivity contribution in [3.63, 3.8) is 0 Å². The second-order valence-corrected chi connectivity index (χ2v) is 8.60. The second kappa shape index (κ2) is 9.53. The lowest BCUT2D eigenvalue weighted by Crippen LogP contribution is -2.30. The molecular weight excluding hydrogens is 416 g/mol. The maximum atomic E-state index is 12.5. The van der Waals surface area contributed by atoms with E-state index < -0.39 is 16.1 Å². The first-order chi connectivity index (χ1) is 14.8. The summed E-state index contributed by atoms with van der Waals surface area (Å²) in [5.41, 5.74) is 1.98. The highest BCUT2D eigenvalue weighted by Crippen LogP contribution is 2.20. The average Bonchev–Trinajstić information content (AvgIpc) is 2.76. The van der Waals surface area contributed by atoms with Gasteiger partial charge in [-0.2, -0.15) is 0 Å². The summed E-state index contributed by atoms with van der Waals surface area (Å²) in [5.74, 6) is 0.868. The molecule has 2 N–H and O–H groups in total. The molecule has 1 amide bonds. The molecule has 0 aliphatic rings. The maximum Gasteiger partial charge on any atom is 0.265 e. The van der Waals surface area contributed by atoms with E-state index in [1.54, 1.807) is 50.4 Å². The Bertz CT molecular complexity index is 1130. The van der Waals surface area contributed by atoms with Gasteiger partial charge in [0.05, 0.1) is 12.0 Å². The highest BCUT2D eigenvalue weighted by Gasteiger charge is 2.17. The molecule has 3 rings (SSSR count). The third-order valence-corrected chi connectivity index (χ3v) is 5.87. The van der Waals surface area contributed by atoms with E-state index in [1.807, 2.05) is 19.1 Å². The van der Waals surface area contributed by atoms with Crippen LogP contribution in [0.4, 0.5) is 11.4 Å². The van der Waals surface area contributed by atoms with Gasteiger partial charge in [0.25, 0.3) is 15.9 Å². The molecule has 0 radical (unpaired) electrons. The van der Waals surface area contributed by atoms with Crippen LogP contribution in [0.25, 0.3) is 0 Å². The minimum Gasteiger partial charge on any atom is -0.497 e. The van der Waals surface area contributed by atoms with E-state index in [0.717, 1.165) is 5.56 Å². The van der Waals surface area contributed by atoms with Gasteiger partial charge in [-0.1, -0.05) is 17.7 Å². The molecule has 0 heterocycles. The smallest absolute Gasteiger partial charge is 0.265 e. The predicted octanol–water partition coefficient (Wildman–Crippen LogP) is 4.21. The monoisotopic (exact) mass is 440 g/mol. The van der Waals surface area contributed by atoms with Crippen molar-refractivity contribution < 1.29 is 22.7 Å². The second-order valence-electron chi connectivity index (χ2n) is 6.92. The average molecular weight is 441 g/mol. The Balaban J connectivity index is 1.61. The number of sulfonamides is 1. The van der Waals surface area contributed by atoms with Crippen LogP contribution in [0.2, 0.25) is 0 Å². The summed E-state index contributed by atoms with van der Waals surface area (Å²) < 4.78 is 38.3. The van der Waals surface area contributed by atoms with Gasteiger partial charge in [-0.25, -0.2) is 8.42 Å². The zero-order valence-electron chi connectivity index (χ0n) is 17.5. The van der Waals surface area contributed by atoms with Gasteiger partial charge in [-0.15, -0.1) is 0 Å². The molecule has 7 nitrogen and oxygen atoms in total. The Labute approximate surface area is 182 Å². The Morgan fingerprint density at radius 3 is 1.97 bits per heavy atom. The van der Waals surface area contributed by atoms with Gasteiger partial charge in [0.1, 0.15) is 11.5 Å². The van der Waals surface area contributed by atoms with Crippen LogP contribution >= 0.6 is 0 Å². The topological polar surface area (TPSA) is 93.7 Å². The fraction of sp³-hybridized carbons (Fsp3) is 0.174. The summed E-state index contributed by atoms with van der Waals surface area (Å²) in [5, 5.41) is 2.72. The number of rotatable bonds is 8. The molecule has 0 saturated heterocycles. The highest BCUT2D eigenvalue weighted by atomic mass is 32.2. The Morgan fingerprint density at radius 1 is 0.839 bits per heavy atom. The zero-order valence-corrected chi connectivity index (χ0v) is 18.3. The van der Waals surface area contributed by atoms with Crippen LogP contribution < -0.4 is 19.5 Å². The molecule has 0 spiro atoms. The van der Waals surface area contributed by atoms with E-state index in [2.05, 4.69) is 10.0 Å². The maximum absolute atomic E-state index is 12.5. The number of amides is 1. The van der Waals surface area contributed by atoms with Crippen LogP contribution in [-0.4, -0.2) is 27.5 Å². The van der Waals surface area contributed by atoms with Gasteiger partial charge < -0.3 is 14.8 Å². The molecule has 3 aromatic rings. The van der Waals surface area contributed by atoms with Crippen LogP contribution in [0.3, 0.4) is 0 Å². The quantitative estimate of drug-likeness (QED) is 0.547. The van der Waals surface area contributed by atoms with Crippen molar-refractivity contribution in [3.05, 3.63) is 78.4 Å². The zero-order chi connectivity index (χ0) is 22.4. The lowest BCUT2D eigenvalue weighted by atomic mass is 10.2. The first kappa shape index (κ1) is 22.2. The van der Waals surface area contributed by atoms with E-state index in [0.29, 0.717) is 22.9 Å². The third-order valence-electron chi connectivity index (χ3n) is 4.48. The summed E-state index contributed by atoms with van der Waals surface area (Å²) in [6, 6.07) is 19.9. The van der Waals surface area contributed by atoms with Gasteiger partial charge >= 0.3 is 0 Å². The van der Waals surface area contributed by atoms with Gasteiger partial charge in [0.15, 0.2) is 6.10 Å². The fourth-order valence-corrected chi connectivity index (χ4v) is 3.77. The van der Waals surface area contributed by atoms with E-state index in [1.165, 1.54) is 24.3 Å². The lowest BCUT2D eigenvalue weighted by Gasteiger charge is -2.15. The normalized spacial score (nSPS) is 12.0. The summed E-state index contributed by atoms with van der Waals surface area (Å²) in [4.78, 5) is 12.5. The molecule has 8 heteroatoms. The first-order valence-corrected chi connectivity index (χ1v) is 11.1. The van der Waals surface area contributed by atoms with E-state index >= 15 is 0 Å². The van der Waals surface area contributed by atoms with Gasteiger partial charge in [0.2, 0.25) is 0 Å². The molecule has 0 saturated carbocycles. The van der Waals surface area contributed by atoms with E-state index in [9.17, 15) is 13.2 Å². The van der Waals surface area contributed by atoms with Gasteiger partial charge in [0, 0.05) is 11.4 Å². The standard InChI is InChI=1S/C23H24N2O5S/c1-16-4-6-19(7-5-16)25-31(27,28)22-14-8-18(9-15-22)24-23(26)17(2)30-21-12-10-20(29-3)11-13-21/h4-15,17,25H,1-3H3,(H,24,26)/t17-/m1/s1. The molecular formula is C23H24N2O5S. The van der Waals surface area contributed by atoms with Crippen LogP contribution in [0.15, 0.2) is 77.7 Å². The third kappa shape index (κ3) is 5.99. The Hall–Kier alpha value is -3.52. The molecule has 0 fully saturated rings. The van der Waals surface area contributed by atoms with Crippen LogP contribution in [0.1, 0.15) is 12.5 Å². The van der Waals surface area contributed by atoms with E-state index in [-0.39, 0.29) is 10.8 Å². The van der Waals surface area contributed by atoms with Crippen molar-refractivity contribution >= 4 is 27.3 Å². The van der Waals surface area contributed by atoms with Crippen molar-refractivity contribution in [2.75, 3.05) is 17.1 Å². The van der Waals surface area contributed by atoms with Crippen molar-refractivity contribution in [2.45, 2.75) is 24.8 Å². The predicted molar refractivity (Wildman–Crippen MR) is 120 cm³/mol. The van der Waals surface area contributed by atoms with Crippen LogP contribution in [0.5, 0.6) is 11.5 Å².